The maximum Gasteiger partial charge on any atom is 0.261 e. The van der Waals surface area contributed by atoms with E-state index in [1.807, 2.05) is 99.6 Å². The molecule has 202 valence electrons. The van der Waals surface area contributed by atoms with Crippen LogP contribution in [0.1, 0.15) is 57.2 Å². The number of hydrogen-bond acceptors (Lipinski definition) is 4. The second-order valence-electron chi connectivity index (χ2n) is 10.8. The Balaban J connectivity index is 1.96. The van der Waals surface area contributed by atoms with Crippen molar-refractivity contribution in [3.05, 3.63) is 95.6 Å². The van der Waals surface area contributed by atoms with Gasteiger partial charge in [0.05, 0.1) is 7.11 Å². The van der Waals surface area contributed by atoms with Crippen LogP contribution in [0.25, 0.3) is 0 Å². The lowest BCUT2D eigenvalue weighted by molar-refractivity contribution is -0.143. The summed E-state index contributed by atoms with van der Waals surface area (Å²) in [7, 11) is 1.61. The van der Waals surface area contributed by atoms with Crippen LogP contribution in [0.5, 0.6) is 11.5 Å². The van der Waals surface area contributed by atoms with Crippen LogP contribution >= 0.6 is 0 Å². The predicted molar refractivity (Wildman–Crippen MR) is 151 cm³/mol. The van der Waals surface area contributed by atoms with Gasteiger partial charge in [-0.25, -0.2) is 0 Å². The Hall–Kier alpha value is -3.80. The molecule has 0 heterocycles. The van der Waals surface area contributed by atoms with Gasteiger partial charge in [-0.15, -0.1) is 0 Å². The number of hydrogen-bond donors (Lipinski definition) is 1. The zero-order valence-corrected chi connectivity index (χ0v) is 23.4. The second-order valence-corrected chi connectivity index (χ2v) is 10.8. The minimum absolute atomic E-state index is 0.179. The van der Waals surface area contributed by atoms with Crippen LogP contribution in [0.3, 0.4) is 0 Å². The lowest BCUT2D eigenvalue weighted by atomic mass is 10.0. The molecule has 0 saturated heterocycles. The van der Waals surface area contributed by atoms with Crippen molar-refractivity contribution < 1.29 is 19.1 Å². The lowest BCUT2D eigenvalue weighted by Crippen LogP contribution is -2.55. The molecule has 38 heavy (non-hydrogen) atoms. The highest BCUT2D eigenvalue weighted by Crippen LogP contribution is 2.26. The molecule has 6 heteroatoms. The molecule has 0 fully saturated rings. The Bertz CT molecular complexity index is 1200. The highest BCUT2D eigenvalue weighted by Gasteiger charge is 2.32. The minimum atomic E-state index is -0.737. The summed E-state index contributed by atoms with van der Waals surface area (Å²) in [4.78, 5) is 29.1. The van der Waals surface area contributed by atoms with E-state index in [0.29, 0.717) is 17.9 Å². The smallest absolute Gasteiger partial charge is 0.261 e. The van der Waals surface area contributed by atoms with E-state index < -0.39 is 11.6 Å². The molecule has 3 aromatic rings. The highest BCUT2D eigenvalue weighted by atomic mass is 16.5. The van der Waals surface area contributed by atoms with Gasteiger partial charge in [0.25, 0.3) is 5.91 Å². The van der Waals surface area contributed by atoms with Crippen molar-refractivity contribution in [1.82, 2.24) is 10.2 Å². The van der Waals surface area contributed by atoms with Gasteiger partial charge in [-0.05, 0) is 61.6 Å². The third kappa shape index (κ3) is 8.37. The van der Waals surface area contributed by atoms with Gasteiger partial charge in [0.15, 0.2) is 6.61 Å². The molecule has 0 aliphatic carbocycles. The number of carbonyl (C=O) groups is 2. The summed E-state index contributed by atoms with van der Waals surface area (Å²) >= 11 is 0. The fraction of sp³-hybridized carbons (Fsp3) is 0.375. The number of para-hydroxylation sites is 1. The van der Waals surface area contributed by atoms with E-state index in [9.17, 15) is 9.59 Å². The second kappa shape index (κ2) is 13.1. The number of nitrogens with one attached hydrogen (secondary N) is 1. The average Bonchev–Trinajstić information content (AvgIpc) is 2.89. The van der Waals surface area contributed by atoms with Crippen LogP contribution in [-0.2, 0) is 22.6 Å². The van der Waals surface area contributed by atoms with Gasteiger partial charge in [0.1, 0.15) is 17.5 Å². The zero-order valence-electron chi connectivity index (χ0n) is 23.4. The molecule has 1 unspecified atom stereocenters. The van der Waals surface area contributed by atoms with Crippen LogP contribution < -0.4 is 14.8 Å². The van der Waals surface area contributed by atoms with Crippen molar-refractivity contribution in [2.75, 3.05) is 13.7 Å². The minimum Gasteiger partial charge on any atom is -0.497 e. The van der Waals surface area contributed by atoms with Gasteiger partial charge in [-0.1, -0.05) is 74.5 Å². The lowest BCUT2D eigenvalue weighted by Gasteiger charge is -2.34. The van der Waals surface area contributed by atoms with Crippen LogP contribution in [0, 0.1) is 0 Å². The molecule has 0 radical (unpaired) electrons. The summed E-state index contributed by atoms with van der Waals surface area (Å²) in [5, 5.41) is 3.08. The third-order valence-electron chi connectivity index (χ3n) is 6.15. The number of methoxy groups -OCH3 is 1. The fourth-order valence-electron chi connectivity index (χ4n) is 4.29. The Kier molecular flexibility index (Phi) is 9.94. The van der Waals surface area contributed by atoms with E-state index in [2.05, 4.69) is 19.2 Å². The van der Waals surface area contributed by atoms with E-state index in [1.54, 1.807) is 12.0 Å². The normalized spacial score (nSPS) is 12.1. The Labute approximate surface area is 227 Å². The van der Waals surface area contributed by atoms with Crippen LogP contribution in [-0.4, -0.2) is 42.0 Å². The molecule has 0 saturated carbocycles. The molecule has 0 aliphatic rings. The Morgan fingerprint density at radius 2 is 1.55 bits per heavy atom. The number of amides is 2. The largest absolute Gasteiger partial charge is 0.497 e. The van der Waals surface area contributed by atoms with Crippen molar-refractivity contribution >= 4 is 11.8 Å². The maximum absolute atomic E-state index is 13.8. The molecule has 3 aromatic carbocycles. The molecular formula is C32H40N2O4. The molecule has 1 N–H and O–H groups in total. The molecule has 3 rings (SSSR count). The molecular weight excluding hydrogens is 476 g/mol. The first-order valence-corrected chi connectivity index (χ1v) is 13.1. The summed E-state index contributed by atoms with van der Waals surface area (Å²) in [6.45, 7) is 10.0. The number of nitrogens with zero attached hydrogens (tertiary/aromatic N) is 1. The van der Waals surface area contributed by atoms with Crippen molar-refractivity contribution in [3.63, 3.8) is 0 Å². The summed E-state index contributed by atoms with van der Waals surface area (Å²) in [6, 6.07) is 24.3. The standard InChI is InChI=1S/C32H40N2O4/c1-23(2)27-17-10-11-18-29(27)38-22-30(35)34(21-25-15-12-16-26(19-25)37-6)28(31(36)33-32(3,4)5)20-24-13-8-7-9-14-24/h7-19,23,28H,20-22H2,1-6H3,(H,33,36). The van der Waals surface area contributed by atoms with E-state index in [-0.39, 0.29) is 30.9 Å². The third-order valence-corrected chi connectivity index (χ3v) is 6.15. The average molecular weight is 517 g/mol. The summed E-state index contributed by atoms with van der Waals surface area (Å²) < 4.78 is 11.5. The summed E-state index contributed by atoms with van der Waals surface area (Å²) in [5.41, 5.74) is 2.41. The summed E-state index contributed by atoms with van der Waals surface area (Å²) in [6.07, 6.45) is 0.376. The highest BCUT2D eigenvalue weighted by molar-refractivity contribution is 5.89. The van der Waals surface area contributed by atoms with Gasteiger partial charge in [-0.2, -0.15) is 0 Å². The molecule has 0 spiro atoms. The number of carbonyl (C=O) groups excluding carboxylic acids is 2. The first-order chi connectivity index (χ1) is 18.1. The van der Waals surface area contributed by atoms with Crippen LogP contribution in [0.2, 0.25) is 0 Å². The molecule has 0 bridgehead atoms. The van der Waals surface area contributed by atoms with Gasteiger partial charge < -0.3 is 19.7 Å². The van der Waals surface area contributed by atoms with E-state index >= 15 is 0 Å². The molecule has 0 aromatic heterocycles. The first kappa shape index (κ1) is 28.8. The molecule has 0 aliphatic heterocycles. The monoisotopic (exact) mass is 516 g/mol. The van der Waals surface area contributed by atoms with E-state index in [0.717, 1.165) is 16.7 Å². The topological polar surface area (TPSA) is 67.9 Å². The van der Waals surface area contributed by atoms with Crippen LogP contribution in [0.15, 0.2) is 78.9 Å². The zero-order chi connectivity index (χ0) is 27.7. The number of benzene rings is 3. The predicted octanol–water partition coefficient (Wildman–Crippen LogP) is 5.75. The van der Waals surface area contributed by atoms with Gasteiger partial charge in [-0.3, -0.25) is 9.59 Å². The maximum atomic E-state index is 13.8. The first-order valence-electron chi connectivity index (χ1n) is 13.1. The quantitative estimate of drug-likeness (QED) is 0.352. The van der Waals surface area contributed by atoms with Crippen LogP contribution in [0.4, 0.5) is 0 Å². The van der Waals surface area contributed by atoms with Gasteiger partial charge in [0, 0.05) is 18.5 Å². The van der Waals surface area contributed by atoms with Gasteiger partial charge in [0.2, 0.25) is 5.91 Å². The molecule has 6 nitrogen and oxygen atoms in total. The molecule has 2 amide bonds. The summed E-state index contributed by atoms with van der Waals surface area (Å²) in [5.74, 6) is 1.14. The van der Waals surface area contributed by atoms with E-state index in [4.69, 9.17) is 9.47 Å². The van der Waals surface area contributed by atoms with Gasteiger partial charge >= 0.3 is 0 Å². The SMILES string of the molecule is COc1cccc(CN(C(=O)COc2ccccc2C(C)C)C(Cc2ccccc2)C(=O)NC(C)(C)C)c1. The molecule has 1 atom stereocenters. The van der Waals surface area contributed by atoms with Crippen molar-refractivity contribution in [2.45, 2.75) is 65.1 Å². The fourth-order valence-corrected chi connectivity index (χ4v) is 4.29. The van der Waals surface area contributed by atoms with E-state index in [1.165, 1.54) is 0 Å². The van der Waals surface area contributed by atoms with Crippen molar-refractivity contribution in [1.29, 1.82) is 0 Å². The number of rotatable bonds is 11. The van der Waals surface area contributed by atoms with Crippen molar-refractivity contribution in [3.8, 4) is 11.5 Å². The van der Waals surface area contributed by atoms with Crippen molar-refractivity contribution in [2.24, 2.45) is 0 Å². The Morgan fingerprint density at radius 3 is 2.21 bits per heavy atom. The Morgan fingerprint density at radius 1 is 0.895 bits per heavy atom. The number of ether oxygens (including phenoxy) is 2.